The fraction of sp³-hybridized carbons (Fsp3) is 0.500. The number of aliphatic hydroxyl groups is 1. The molecule has 0 amide bonds. The molecule has 3 heterocycles. The van der Waals surface area contributed by atoms with Crippen molar-refractivity contribution < 1.29 is 38.2 Å². The van der Waals surface area contributed by atoms with Crippen molar-refractivity contribution in [3.8, 4) is 0 Å². The lowest BCUT2D eigenvalue weighted by Gasteiger charge is -2.17. The minimum atomic E-state index is -4.78. The fourth-order valence-corrected chi connectivity index (χ4v) is 2.74. The van der Waals surface area contributed by atoms with Gasteiger partial charge in [-0.15, -0.1) is 0 Å². The summed E-state index contributed by atoms with van der Waals surface area (Å²) in [4.78, 5) is 32.9. The Kier molecular flexibility index (Phi) is 4.48. The molecule has 0 radical (unpaired) electrons. The largest absolute Gasteiger partial charge is 0.469 e. The zero-order valence-electron chi connectivity index (χ0n) is 11.8. The number of imidazole rings is 1. The van der Waals surface area contributed by atoms with Gasteiger partial charge in [-0.2, -0.15) is 4.94 Å². The van der Waals surface area contributed by atoms with Crippen LogP contribution in [0.15, 0.2) is 12.7 Å². The predicted octanol–water partition coefficient (Wildman–Crippen LogP) is -0.954. The van der Waals surface area contributed by atoms with Crippen LogP contribution in [0.4, 0.5) is 10.3 Å². The van der Waals surface area contributed by atoms with E-state index in [4.69, 9.17) is 20.3 Å². The van der Waals surface area contributed by atoms with Gasteiger partial charge in [-0.25, -0.2) is 19.5 Å². The fourth-order valence-electron chi connectivity index (χ4n) is 2.40. The van der Waals surface area contributed by atoms with Gasteiger partial charge in [0.2, 0.25) is 0 Å². The molecule has 2 unspecified atom stereocenters. The summed E-state index contributed by atoms with van der Waals surface area (Å²) in [5.41, 5.74) is 6.10. The minimum Gasteiger partial charge on any atom is -0.387 e. The molecular weight excluding hydrogens is 352 g/mol. The van der Waals surface area contributed by atoms with E-state index in [1.165, 1.54) is 17.2 Å². The van der Waals surface area contributed by atoms with E-state index < -0.39 is 39.0 Å². The van der Waals surface area contributed by atoms with Gasteiger partial charge in [0.15, 0.2) is 23.8 Å². The molecule has 0 aliphatic carbocycles. The standard InChI is InChI=1S/C10H13FN5O7P/c11-23-7-6(17)4(1-21-24(18,19)20)22-10(7)16-3-15-5-8(12)13-2-14-9(5)16/h2-4,6-7,10,17H,1H2,(H2,12,13,14)(H2,18,19,20)/t4-,6?,7?,10-/m1/s1. The number of aliphatic hydroxyl groups excluding tert-OH is 1. The molecule has 5 N–H and O–H groups in total. The molecule has 14 heteroatoms. The topological polar surface area (TPSA) is 175 Å². The number of ether oxygens (including phenoxy) is 1. The van der Waals surface area contributed by atoms with Crippen molar-refractivity contribution in [1.29, 1.82) is 0 Å². The molecule has 0 aromatic carbocycles. The zero-order chi connectivity index (χ0) is 17.5. The van der Waals surface area contributed by atoms with Gasteiger partial charge in [0.05, 0.1) is 12.9 Å². The van der Waals surface area contributed by atoms with Gasteiger partial charge in [0.1, 0.15) is 24.1 Å². The average molecular weight is 365 g/mol. The Morgan fingerprint density at radius 2 is 2.17 bits per heavy atom. The van der Waals surface area contributed by atoms with E-state index in [2.05, 4.69) is 24.4 Å². The van der Waals surface area contributed by atoms with Gasteiger partial charge in [-0.1, -0.05) is 0 Å². The van der Waals surface area contributed by atoms with Gasteiger partial charge in [0, 0.05) is 0 Å². The van der Waals surface area contributed by atoms with Gasteiger partial charge >= 0.3 is 7.82 Å². The second-order valence-electron chi connectivity index (χ2n) is 4.98. The van der Waals surface area contributed by atoms with E-state index in [9.17, 15) is 14.2 Å². The second-order valence-corrected chi connectivity index (χ2v) is 6.22. The van der Waals surface area contributed by atoms with Gasteiger partial charge < -0.3 is 25.4 Å². The van der Waals surface area contributed by atoms with E-state index in [0.29, 0.717) is 0 Å². The number of rotatable bonds is 5. The molecule has 1 fully saturated rings. The summed E-state index contributed by atoms with van der Waals surface area (Å²) < 4.78 is 34.6. The maximum Gasteiger partial charge on any atom is 0.469 e. The molecule has 12 nitrogen and oxygen atoms in total. The minimum absolute atomic E-state index is 0.0939. The molecule has 0 spiro atoms. The first-order chi connectivity index (χ1) is 11.3. The van der Waals surface area contributed by atoms with Crippen LogP contribution in [-0.4, -0.2) is 59.3 Å². The zero-order valence-corrected chi connectivity index (χ0v) is 12.7. The number of nitrogens with two attached hydrogens (primary N) is 1. The summed E-state index contributed by atoms with van der Waals surface area (Å²) in [5.74, 6) is 0.0939. The van der Waals surface area contributed by atoms with Crippen LogP contribution in [-0.2, 0) is 18.8 Å². The summed E-state index contributed by atoms with van der Waals surface area (Å²) in [6, 6.07) is 0. The maximum absolute atomic E-state index is 12.9. The normalized spacial score (nSPS) is 27.8. The van der Waals surface area contributed by atoms with Crippen LogP contribution in [0.25, 0.3) is 11.2 Å². The van der Waals surface area contributed by atoms with Crippen molar-refractivity contribution in [3.63, 3.8) is 0 Å². The van der Waals surface area contributed by atoms with Crippen molar-refractivity contribution in [2.45, 2.75) is 24.5 Å². The highest BCUT2D eigenvalue weighted by molar-refractivity contribution is 7.46. The highest BCUT2D eigenvalue weighted by Gasteiger charge is 2.48. The molecular formula is C10H13FN5O7P. The molecule has 0 saturated carbocycles. The van der Waals surface area contributed by atoms with Crippen molar-refractivity contribution in [2.24, 2.45) is 0 Å². The van der Waals surface area contributed by atoms with Crippen LogP contribution in [0.3, 0.4) is 0 Å². The number of hydrogen-bond donors (Lipinski definition) is 4. The lowest BCUT2D eigenvalue weighted by molar-refractivity contribution is -0.220. The number of phosphoric acid groups is 1. The summed E-state index contributed by atoms with van der Waals surface area (Å²) in [6.45, 7) is -0.675. The number of phosphoric ester groups is 1. The predicted molar refractivity (Wildman–Crippen MR) is 73.6 cm³/mol. The van der Waals surface area contributed by atoms with Gasteiger partial charge in [-0.05, 0) is 4.53 Å². The Hall–Kier alpha value is -1.73. The third-order valence-corrected chi connectivity index (χ3v) is 3.97. The first kappa shape index (κ1) is 17.1. The number of hydrogen-bond acceptors (Lipinski definition) is 9. The molecule has 2 aromatic heterocycles. The van der Waals surface area contributed by atoms with Crippen LogP contribution in [0.2, 0.25) is 0 Å². The number of aromatic nitrogens is 4. The summed E-state index contributed by atoms with van der Waals surface area (Å²) in [6.07, 6.45) is -3.10. The van der Waals surface area contributed by atoms with Crippen molar-refractivity contribution in [2.75, 3.05) is 12.3 Å². The van der Waals surface area contributed by atoms with Crippen LogP contribution >= 0.6 is 7.82 Å². The molecule has 3 rings (SSSR count). The Labute approximate surface area is 133 Å². The van der Waals surface area contributed by atoms with Crippen molar-refractivity contribution >= 4 is 24.8 Å². The number of nitrogen functional groups attached to an aromatic ring is 1. The van der Waals surface area contributed by atoms with Crippen LogP contribution < -0.4 is 5.73 Å². The third kappa shape index (κ3) is 3.10. The third-order valence-electron chi connectivity index (χ3n) is 3.48. The molecule has 24 heavy (non-hydrogen) atoms. The van der Waals surface area contributed by atoms with Crippen molar-refractivity contribution in [3.05, 3.63) is 12.7 Å². The molecule has 4 atom stereocenters. The van der Waals surface area contributed by atoms with E-state index in [-0.39, 0.29) is 17.0 Å². The summed E-state index contributed by atoms with van der Waals surface area (Å²) in [5, 5.41) is 10.0. The van der Waals surface area contributed by atoms with Crippen molar-refractivity contribution in [1.82, 2.24) is 19.5 Å². The monoisotopic (exact) mass is 365 g/mol. The highest BCUT2D eigenvalue weighted by Crippen LogP contribution is 2.39. The summed E-state index contributed by atoms with van der Waals surface area (Å²) >= 11 is 0. The lowest BCUT2D eigenvalue weighted by atomic mass is 10.1. The Balaban J connectivity index is 1.89. The molecule has 2 aromatic rings. The van der Waals surface area contributed by atoms with E-state index >= 15 is 0 Å². The maximum atomic E-state index is 12.9. The van der Waals surface area contributed by atoms with Crippen LogP contribution in [0, 0.1) is 0 Å². The highest BCUT2D eigenvalue weighted by atomic mass is 31.2. The Morgan fingerprint density at radius 1 is 1.42 bits per heavy atom. The quantitative estimate of drug-likeness (QED) is 0.480. The van der Waals surface area contributed by atoms with Crippen LogP contribution in [0.1, 0.15) is 6.23 Å². The van der Waals surface area contributed by atoms with Gasteiger partial charge in [0.25, 0.3) is 0 Å². The molecule has 0 bridgehead atoms. The molecule has 1 aliphatic rings. The molecule has 1 saturated heterocycles. The van der Waals surface area contributed by atoms with Gasteiger partial charge in [-0.3, -0.25) is 9.09 Å². The van der Waals surface area contributed by atoms with Crippen LogP contribution in [0.5, 0.6) is 0 Å². The van der Waals surface area contributed by atoms with E-state index in [0.717, 1.165) is 0 Å². The number of nitrogens with zero attached hydrogens (tertiary/aromatic N) is 4. The lowest BCUT2D eigenvalue weighted by Crippen LogP contribution is -2.34. The Morgan fingerprint density at radius 3 is 2.83 bits per heavy atom. The van der Waals surface area contributed by atoms with E-state index in [1.54, 1.807) is 0 Å². The van der Waals surface area contributed by atoms with E-state index in [1.807, 2.05) is 0 Å². The number of anilines is 1. The SMILES string of the molecule is Nc1ncnc2c1ncn2[C@@H]1O[C@H](COP(=O)(O)O)C(O)C1OF. The Bertz CT molecular complexity index is 784. The first-order valence-corrected chi connectivity index (χ1v) is 8.09. The number of fused-ring (bicyclic) bond motifs is 1. The number of halogens is 1. The smallest absolute Gasteiger partial charge is 0.387 e. The second kappa shape index (κ2) is 6.29. The summed E-state index contributed by atoms with van der Waals surface area (Å²) in [7, 11) is -4.78. The average Bonchev–Trinajstić information content (AvgIpc) is 3.06. The molecule has 132 valence electrons. The first-order valence-electron chi connectivity index (χ1n) is 6.56. The molecule has 1 aliphatic heterocycles.